The Morgan fingerprint density at radius 1 is 1.40 bits per heavy atom. The number of ketones is 1. The first-order valence-corrected chi connectivity index (χ1v) is 5.55. The number of fused-ring (bicyclic) bond motifs is 1. The van der Waals surface area contributed by atoms with E-state index in [0.717, 1.165) is 36.3 Å². The van der Waals surface area contributed by atoms with Crippen molar-refractivity contribution in [3.8, 4) is 0 Å². The van der Waals surface area contributed by atoms with Crippen LogP contribution >= 0.6 is 0 Å². The van der Waals surface area contributed by atoms with E-state index in [-0.39, 0.29) is 5.78 Å². The summed E-state index contributed by atoms with van der Waals surface area (Å²) in [4.78, 5) is 20.3. The van der Waals surface area contributed by atoms with Crippen LogP contribution in [-0.4, -0.2) is 15.8 Å². The van der Waals surface area contributed by atoms with Crippen molar-refractivity contribution >= 4 is 5.78 Å². The maximum absolute atomic E-state index is 11.5. The minimum Gasteiger partial charge on any atom is -0.294 e. The van der Waals surface area contributed by atoms with Crippen LogP contribution in [0.15, 0.2) is 6.20 Å². The molecule has 0 amide bonds. The number of Topliss-reactive ketones (excluding diaryl/α,β-unsaturated/α-hetero) is 1. The molecular weight excluding hydrogens is 188 g/mol. The van der Waals surface area contributed by atoms with Crippen molar-refractivity contribution in [1.82, 2.24) is 9.97 Å². The maximum atomic E-state index is 11.5. The second-order valence-corrected chi connectivity index (χ2v) is 4.52. The minimum atomic E-state index is 0.201. The molecule has 15 heavy (non-hydrogen) atoms. The number of hydrogen-bond acceptors (Lipinski definition) is 3. The summed E-state index contributed by atoms with van der Waals surface area (Å²) in [6.45, 7) is 4.29. The molecule has 1 aromatic heterocycles. The average molecular weight is 204 g/mol. The van der Waals surface area contributed by atoms with Crippen molar-refractivity contribution in [2.45, 2.75) is 39.5 Å². The average Bonchev–Trinajstić information content (AvgIpc) is 2.17. The molecule has 0 radical (unpaired) electrons. The van der Waals surface area contributed by atoms with Crippen LogP contribution in [0.1, 0.15) is 48.6 Å². The molecule has 0 atom stereocenters. The molecule has 0 N–H and O–H groups in total. The Labute approximate surface area is 89.9 Å². The molecule has 0 unspecified atom stereocenters. The molecule has 3 heteroatoms. The Morgan fingerprint density at radius 3 is 2.93 bits per heavy atom. The molecular formula is C12H16N2O. The van der Waals surface area contributed by atoms with Gasteiger partial charge in [-0.3, -0.25) is 4.79 Å². The van der Waals surface area contributed by atoms with E-state index in [4.69, 9.17) is 0 Å². The molecule has 1 aliphatic rings. The Balaban J connectivity index is 2.29. The zero-order valence-corrected chi connectivity index (χ0v) is 9.29. The van der Waals surface area contributed by atoms with Gasteiger partial charge in [-0.05, 0) is 18.8 Å². The van der Waals surface area contributed by atoms with Crippen LogP contribution in [0.5, 0.6) is 0 Å². The van der Waals surface area contributed by atoms with Gasteiger partial charge in [-0.1, -0.05) is 13.8 Å². The third-order valence-corrected chi connectivity index (χ3v) is 2.63. The summed E-state index contributed by atoms with van der Waals surface area (Å²) >= 11 is 0. The van der Waals surface area contributed by atoms with Gasteiger partial charge in [0.05, 0.1) is 11.3 Å². The normalized spacial score (nSPS) is 15.5. The molecule has 0 saturated heterocycles. The van der Waals surface area contributed by atoms with Crippen LogP contribution in [0.25, 0.3) is 0 Å². The van der Waals surface area contributed by atoms with Crippen molar-refractivity contribution in [3.63, 3.8) is 0 Å². The van der Waals surface area contributed by atoms with Gasteiger partial charge in [-0.15, -0.1) is 0 Å². The first-order valence-electron chi connectivity index (χ1n) is 5.55. The molecule has 0 fully saturated rings. The first-order chi connectivity index (χ1) is 7.16. The molecule has 2 rings (SSSR count). The maximum Gasteiger partial charge on any atom is 0.166 e. The number of rotatable bonds is 2. The van der Waals surface area contributed by atoms with E-state index in [1.165, 1.54) is 0 Å². The molecule has 0 aliphatic heterocycles. The van der Waals surface area contributed by atoms with Crippen LogP contribution in [0.3, 0.4) is 0 Å². The number of carbonyl (C=O) groups is 1. The lowest BCUT2D eigenvalue weighted by atomic mass is 9.96. The summed E-state index contributed by atoms with van der Waals surface area (Å²) in [5, 5.41) is 0. The van der Waals surface area contributed by atoms with Crippen LogP contribution in [0, 0.1) is 5.92 Å². The van der Waals surface area contributed by atoms with Crippen molar-refractivity contribution in [2.75, 3.05) is 0 Å². The van der Waals surface area contributed by atoms with Crippen molar-refractivity contribution < 1.29 is 4.79 Å². The zero-order valence-electron chi connectivity index (χ0n) is 9.29. The Morgan fingerprint density at radius 2 is 2.20 bits per heavy atom. The quantitative estimate of drug-likeness (QED) is 0.741. The van der Waals surface area contributed by atoms with Gasteiger partial charge in [0.25, 0.3) is 0 Å². The molecule has 0 spiro atoms. The summed E-state index contributed by atoms with van der Waals surface area (Å²) in [6.07, 6.45) is 5.11. The zero-order chi connectivity index (χ0) is 10.8. The molecule has 1 aromatic rings. The van der Waals surface area contributed by atoms with E-state index >= 15 is 0 Å². The third-order valence-electron chi connectivity index (χ3n) is 2.63. The van der Waals surface area contributed by atoms with E-state index in [0.29, 0.717) is 12.3 Å². The molecule has 1 aliphatic carbocycles. The standard InChI is InChI=1S/C12H16N2O/c1-8(2)6-12-13-7-9-10(14-12)4-3-5-11(9)15/h7-8H,3-6H2,1-2H3. The number of aryl methyl sites for hydroxylation is 1. The Hall–Kier alpha value is -1.25. The molecule has 0 saturated carbocycles. The van der Waals surface area contributed by atoms with E-state index < -0.39 is 0 Å². The van der Waals surface area contributed by atoms with Gasteiger partial charge in [0.15, 0.2) is 5.78 Å². The monoisotopic (exact) mass is 204 g/mol. The summed E-state index contributed by atoms with van der Waals surface area (Å²) in [5.74, 6) is 1.63. The van der Waals surface area contributed by atoms with Crippen LogP contribution < -0.4 is 0 Å². The highest BCUT2D eigenvalue weighted by atomic mass is 16.1. The lowest BCUT2D eigenvalue weighted by Crippen LogP contribution is -2.15. The predicted molar refractivity (Wildman–Crippen MR) is 57.8 cm³/mol. The largest absolute Gasteiger partial charge is 0.294 e. The second kappa shape index (κ2) is 4.09. The summed E-state index contributed by atoms with van der Waals surface area (Å²) < 4.78 is 0. The Bertz CT molecular complexity index is 385. The van der Waals surface area contributed by atoms with Gasteiger partial charge in [-0.25, -0.2) is 9.97 Å². The van der Waals surface area contributed by atoms with E-state index in [1.54, 1.807) is 6.20 Å². The fourth-order valence-corrected chi connectivity index (χ4v) is 1.90. The molecule has 80 valence electrons. The van der Waals surface area contributed by atoms with Gasteiger partial charge in [0, 0.05) is 19.0 Å². The molecule has 0 bridgehead atoms. The fourth-order valence-electron chi connectivity index (χ4n) is 1.90. The molecule has 1 heterocycles. The predicted octanol–water partition coefficient (Wildman–Crippen LogP) is 2.19. The first kappa shape index (κ1) is 10.3. The smallest absolute Gasteiger partial charge is 0.166 e. The number of nitrogens with zero attached hydrogens (tertiary/aromatic N) is 2. The number of aromatic nitrogens is 2. The minimum absolute atomic E-state index is 0.201. The van der Waals surface area contributed by atoms with Crippen LogP contribution in [0.2, 0.25) is 0 Å². The molecule has 3 nitrogen and oxygen atoms in total. The summed E-state index contributed by atoms with van der Waals surface area (Å²) in [6, 6.07) is 0. The second-order valence-electron chi connectivity index (χ2n) is 4.52. The van der Waals surface area contributed by atoms with Gasteiger partial charge >= 0.3 is 0 Å². The van der Waals surface area contributed by atoms with E-state index in [2.05, 4.69) is 23.8 Å². The lowest BCUT2D eigenvalue weighted by molar-refractivity contribution is 0.0971. The van der Waals surface area contributed by atoms with Crippen LogP contribution in [0.4, 0.5) is 0 Å². The van der Waals surface area contributed by atoms with Gasteiger partial charge in [-0.2, -0.15) is 0 Å². The van der Waals surface area contributed by atoms with Crippen molar-refractivity contribution in [3.05, 3.63) is 23.3 Å². The third kappa shape index (κ3) is 2.22. The highest BCUT2D eigenvalue weighted by Gasteiger charge is 2.19. The number of carbonyl (C=O) groups excluding carboxylic acids is 1. The highest BCUT2D eigenvalue weighted by Crippen LogP contribution is 2.19. The van der Waals surface area contributed by atoms with E-state index in [9.17, 15) is 4.79 Å². The van der Waals surface area contributed by atoms with Gasteiger partial charge < -0.3 is 0 Å². The van der Waals surface area contributed by atoms with Crippen molar-refractivity contribution in [2.24, 2.45) is 5.92 Å². The van der Waals surface area contributed by atoms with Crippen LogP contribution in [-0.2, 0) is 12.8 Å². The number of hydrogen-bond donors (Lipinski definition) is 0. The van der Waals surface area contributed by atoms with Gasteiger partial charge in [0.1, 0.15) is 5.82 Å². The highest BCUT2D eigenvalue weighted by molar-refractivity contribution is 5.97. The van der Waals surface area contributed by atoms with E-state index in [1.807, 2.05) is 0 Å². The SMILES string of the molecule is CC(C)Cc1ncc2c(n1)CCCC2=O. The lowest BCUT2D eigenvalue weighted by Gasteiger charge is -2.14. The summed E-state index contributed by atoms with van der Waals surface area (Å²) in [7, 11) is 0. The van der Waals surface area contributed by atoms with Gasteiger partial charge in [0.2, 0.25) is 0 Å². The molecule has 0 aromatic carbocycles. The topological polar surface area (TPSA) is 42.9 Å². The fraction of sp³-hybridized carbons (Fsp3) is 0.583. The summed E-state index contributed by atoms with van der Waals surface area (Å²) in [5.41, 5.74) is 1.70. The van der Waals surface area contributed by atoms with Crippen molar-refractivity contribution in [1.29, 1.82) is 0 Å². The Kier molecular flexibility index (Phi) is 2.80.